The van der Waals surface area contributed by atoms with E-state index < -0.39 is 6.10 Å². The first-order chi connectivity index (χ1) is 39.0. The van der Waals surface area contributed by atoms with E-state index in [0.717, 1.165) is 83.5 Å². The Kier molecular flexibility index (Phi) is 65.6. The molecule has 0 amide bonds. The summed E-state index contributed by atoms with van der Waals surface area (Å²) in [5.74, 6) is -0.860. The summed E-state index contributed by atoms with van der Waals surface area (Å²) >= 11 is 0. The average molecular weight is 1110 g/mol. The molecule has 462 valence electrons. The minimum Gasteiger partial charge on any atom is -0.462 e. The van der Waals surface area contributed by atoms with Crippen LogP contribution in [0.25, 0.3) is 0 Å². The third-order valence-electron chi connectivity index (χ3n) is 15.8. The van der Waals surface area contributed by atoms with Crippen LogP contribution in [0.4, 0.5) is 0 Å². The quantitative estimate of drug-likeness (QED) is 0.0261. The minimum absolute atomic E-state index is 0.0726. The van der Waals surface area contributed by atoms with E-state index in [1.54, 1.807) is 0 Å². The maximum atomic E-state index is 12.9. The van der Waals surface area contributed by atoms with E-state index in [0.29, 0.717) is 19.3 Å². The molecule has 0 bridgehead atoms. The molecule has 0 aliphatic carbocycles. The van der Waals surface area contributed by atoms with Gasteiger partial charge in [0.05, 0.1) is 0 Å². The number of esters is 3. The van der Waals surface area contributed by atoms with Crippen molar-refractivity contribution in [2.24, 2.45) is 0 Å². The molecule has 0 aromatic carbocycles. The van der Waals surface area contributed by atoms with Crippen LogP contribution in [0.15, 0.2) is 48.6 Å². The zero-order valence-electron chi connectivity index (χ0n) is 53.2. The van der Waals surface area contributed by atoms with E-state index >= 15 is 0 Å². The van der Waals surface area contributed by atoms with Crippen LogP contribution >= 0.6 is 0 Å². The average Bonchev–Trinajstić information content (AvgIpc) is 3.45. The lowest BCUT2D eigenvalue weighted by molar-refractivity contribution is -0.167. The molecule has 6 heteroatoms. The first-order valence-corrected chi connectivity index (χ1v) is 35.1. The molecule has 0 aromatic rings. The van der Waals surface area contributed by atoms with Gasteiger partial charge < -0.3 is 14.2 Å². The molecule has 0 saturated carbocycles. The summed E-state index contributed by atoms with van der Waals surface area (Å²) in [6.07, 6.45) is 85.7. The van der Waals surface area contributed by atoms with Gasteiger partial charge in [0.25, 0.3) is 0 Å². The molecule has 0 spiro atoms. The number of carbonyl (C=O) groups excluding carboxylic acids is 3. The number of hydrogen-bond donors (Lipinski definition) is 0. The Morgan fingerprint density at radius 2 is 0.468 bits per heavy atom. The molecular formula is C73H134O6. The Morgan fingerprint density at radius 3 is 0.734 bits per heavy atom. The van der Waals surface area contributed by atoms with Crippen LogP contribution in [-0.2, 0) is 28.6 Å². The molecule has 0 aliphatic rings. The van der Waals surface area contributed by atoms with Crippen LogP contribution in [-0.4, -0.2) is 37.2 Å². The van der Waals surface area contributed by atoms with Crippen LogP contribution in [0.5, 0.6) is 0 Å². The largest absolute Gasteiger partial charge is 0.462 e. The van der Waals surface area contributed by atoms with Crippen LogP contribution in [0, 0.1) is 0 Å². The van der Waals surface area contributed by atoms with Gasteiger partial charge in [-0.2, -0.15) is 0 Å². The summed E-state index contributed by atoms with van der Waals surface area (Å²) in [6.45, 7) is 6.64. The summed E-state index contributed by atoms with van der Waals surface area (Å²) in [6, 6.07) is 0. The molecule has 79 heavy (non-hydrogen) atoms. The zero-order chi connectivity index (χ0) is 57.1. The SMILES string of the molecule is CCCC/C=C\C/C=C\CCCCCCCC(=O)OCC(COC(=O)CCCCCCCCCCCCCCCCCCC/C=C\C/C=C\CCCCCCC)OC(=O)CCCCCCCCCCCCCCCCCCCC. The molecular weight excluding hydrogens is 973 g/mol. The number of allylic oxidation sites excluding steroid dienone is 8. The lowest BCUT2D eigenvalue weighted by Crippen LogP contribution is -2.30. The first kappa shape index (κ1) is 76.4. The second-order valence-corrected chi connectivity index (χ2v) is 23.8. The fourth-order valence-corrected chi connectivity index (χ4v) is 10.5. The van der Waals surface area contributed by atoms with Gasteiger partial charge in [-0.3, -0.25) is 14.4 Å². The van der Waals surface area contributed by atoms with Gasteiger partial charge in [0.1, 0.15) is 13.2 Å². The molecule has 0 heterocycles. The summed E-state index contributed by atoms with van der Waals surface area (Å²) in [7, 11) is 0. The molecule has 0 radical (unpaired) electrons. The van der Waals surface area contributed by atoms with E-state index in [2.05, 4.69) is 69.4 Å². The lowest BCUT2D eigenvalue weighted by Gasteiger charge is -2.18. The maximum absolute atomic E-state index is 12.9. The lowest BCUT2D eigenvalue weighted by atomic mass is 10.0. The van der Waals surface area contributed by atoms with Crippen LogP contribution < -0.4 is 0 Å². The first-order valence-electron chi connectivity index (χ1n) is 35.1. The Labute approximate surface area is 492 Å². The summed E-state index contributed by atoms with van der Waals surface area (Å²) in [5, 5.41) is 0. The normalized spacial score (nSPS) is 12.3. The fraction of sp³-hybridized carbons (Fsp3) is 0.849. The summed E-state index contributed by atoms with van der Waals surface area (Å²) in [4.78, 5) is 38.4. The van der Waals surface area contributed by atoms with Gasteiger partial charge in [0.15, 0.2) is 6.10 Å². The molecule has 0 saturated heterocycles. The van der Waals surface area contributed by atoms with E-state index in [1.165, 1.54) is 257 Å². The third-order valence-corrected chi connectivity index (χ3v) is 15.8. The van der Waals surface area contributed by atoms with Gasteiger partial charge in [-0.1, -0.05) is 333 Å². The maximum Gasteiger partial charge on any atom is 0.306 e. The van der Waals surface area contributed by atoms with Crippen molar-refractivity contribution >= 4 is 17.9 Å². The molecule has 0 aromatic heterocycles. The number of rotatable bonds is 65. The number of carbonyl (C=O) groups is 3. The van der Waals surface area contributed by atoms with Crippen molar-refractivity contribution in [2.75, 3.05) is 13.2 Å². The van der Waals surface area contributed by atoms with Gasteiger partial charge >= 0.3 is 17.9 Å². The number of ether oxygens (including phenoxy) is 3. The van der Waals surface area contributed by atoms with Gasteiger partial charge in [-0.15, -0.1) is 0 Å². The van der Waals surface area contributed by atoms with Crippen molar-refractivity contribution in [3.63, 3.8) is 0 Å². The smallest absolute Gasteiger partial charge is 0.306 e. The van der Waals surface area contributed by atoms with Gasteiger partial charge in [-0.25, -0.2) is 0 Å². The zero-order valence-corrected chi connectivity index (χ0v) is 53.2. The predicted octanol–water partition coefficient (Wildman–Crippen LogP) is 24.1. The molecule has 0 fully saturated rings. The van der Waals surface area contributed by atoms with Gasteiger partial charge in [-0.05, 0) is 77.0 Å². The monoisotopic (exact) mass is 1110 g/mol. The Hall–Kier alpha value is -2.63. The molecule has 1 unspecified atom stereocenters. The van der Waals surface area contributed by atoms with Gasteiger partial charge in [0.2, 0.25) is 0 Å². The van der Waals surface area contributed by atoms with Crippen LogP contribution in [0.2, 0.25) is 0 Å². The Bertz CT molecular complexity index is 1360. The summed E-state index contributed by atoms with van der Waals surface area (Å²) in [5.41, 5.74) is 0. The standard InChI is InChI=1S/C73H134O6/c1-4-7-10-13-16-19-22-25-28-30-32-33-34-35-36-37-38-39-40-41-42-44-45-48-51-54-57-60-63-66-72(75)78-69-70(68-77-71(74)65-62-59-56-53-50-47-27-24-21-18-15-12-9-6-3)79-73(76)67-64-61-58-55-52-49-46-43-31-29-26-23-20-17-14-11-8-5-2/h15,18,22,24-25,27,30,32,70H,4-14,16-17,19-21,23,26,28-29,31,33-69H2,1-3H3/b18-15-,25-22-,27-24-,32-30-. The van der Waals surface area contributed by atoms with Crippen molar-refractivity contribution in [1.82, 2.24) is 0 Å². The second-order valence-electron chi connectivity index (χ2n) is 23.8. The van der Waals surface area contributed by atoms with Gasteiger partial charge in [0, 0.05) is 19.3 Å². The number of hydrogen-bond acceptors (Lipinski definition) is 6. The van der Waals surface area contributed by atoms with Crippen molar-refractivity contribution in [2.45, 2.75) is 386 Å². The van der Waals surface area contributed by atoms with Crippen LogP contribution in [0.1, 0.15) is 380 Å². The van der Waals surface area contributed by atoms with E-state index in [9.17, 15) is 14.4 Å². The predicted molar refractivity (Wildman–Crippen MR) is 344 cm³/mol. The molecule has 6 nitrogen and oxygen atoms in total. The minimum atomic E-state index is -0.777. The van der Waals surface area contributed by atoms with Crippen molar-refractivity contribution in [1.29, 1.82) is 0 Å². The second kappa shape index (κ2) is 67.9. The highest BCUT2D eigenvalue weighted by molar-refractivity contribution is 5.71. The topological polar surface area (TPSA) is 78.9 Å². The molecule has 1 atom stereocenters. The Morgan fingerprint density at radius 1 is 0.253 bits per heavy atom. The highest BCUT2D eigenvalue weighted by Gasteiger charge is 2.19. The highest BCUT2D eigenvalue weighted by Crippen LogP contribution is 2.18. The Balaban J connectivity index is 4.20. The number of unbranched alkanes of at least 4 members (excludes halogenated alkanes) is 46. The van der Waals surface area contributed by atoms with E-state index in [-0.39, 0.29) is 31.1 Å². The fourth-order valence-electron chi connectivity index (χ4n) is 10.5. The highest BCUT2D eigenvalue weighted by atomic mass is 16.6. The molecule has 0 N–H and O–H groups in total. The molecule has 0 rings (SSSR count). The molecule has 0 aliphatic heterocycles. The van der Waals surface area contributed by atoms with Crippen molar-refractivity contribution < 1.29 is 28.6 Å². The van der Waals surface area contributed by atoms with Crippen molar-refractivity contribution in [3.05, 3.63) is 48.6 Å². The van der Waals surface area contributed by atoms with Crippen molar-refractivity contribution in [3.8, 4) is 0 Å². The summed E-state index contributed by atoms with van der Waals surface area (Å²) < 4.78 is 17.0. The van der Waals surface area contributed by atoms with E-state index in [1.807, 2.05) is 0 Å². The van der Waals surface area contributed by atoms with E-state index in [4.69, 9.17) is 14.2 Å². The van der Waals surface area contributed by atoms with Crippen LogP contribution in [0.3, 0.4) is 0 Å². The third kappa shape index (κ3) is 66.1.